The molecule has 0 saturated heterocycles. The van der Waals surface area contributed by atoms with Crippen LogP contribution in [0.3, 0.4) is 0 Å². The maximum atomic E-state index is 11.1. The van der Waals surface area contributed by atoms with Crippen molar-refractivity contribution in [3.05, 3.63) is 47.5 Å². The Morgan fingerprint density at radius 3 is 1.35 bits per heavy atom. The summed E-state index contributed by atoms with van der Waals surface area (Å²) >= 11 is 0. The normalized spacial score (nSPS) is 12.6. The van der Waals surface area contributed by atoms with E-state index in [1.807, 2.05) is 0 Å². The molecule has 0 atom stereocenters. The summed E-state index contributed by atoms with van der Waals surface area (Å²) < 4.78 is 62.6. The number of benzene rings is 2. The van der Waals surface area contributed by atoms with Crippen LogP contribution in [0.5, 0.6) is 0 Å². The fourth-order valence-electron chi connectivity index (χ4n) is 2.48. The Balaban J connectivity index is 0.00000132. The van der Waals surface area contributed by atoms with Crippen LogP contribution in [0.4, 0.5) is 0 Å². The molecule has 6 nitrogen and oxygen atoms in total. The van der Waals surface area contributed by atoms with Crippen LogP contribution in [-0.4, -0.2) is 85.1 Å². The number of rotatable bonds is 2. The second-order valence-electron chi connectivity index (χ2n) is 4.76. The molecule has 0 fully saturated rings. The third-order valence-corrected chi connectivity index (χ3v) is 5.12. The zero-order valence-electron chi connectivity index (χ0n) is 10.5. The molecule has 1 aliphatic rings. The molecule has 0 spiro atoms. The molecular weight excluding hydrogens is 362 g/mol. The van der Waals surface area contributed by atoms with Gasteiger partial charge in [-0.2, -0.15) is 16.8 Å². The predicted molar refractivity (Wildman–Crippen MR) is 88.6 cm³/mol. The third kappa shape index (κ3) is 4.27. The Bertz CT molecular complexity index is 888. The molecule has 114 valence electrons. The van der Waals surface area contributed by atoms with Crippen LogP contribution in [0.15, 0.2) is 46.2 Å². The van der Waals surface area contributed by atoms with Gasteiger partial charge in [0, 0.05) is 0 Å². The molecule has 0 radical (unpaired) electrons. The standard InChI is InChI=1S/C13H10O6S2.2Na.2H/c14-20(15,16)10-1-3-12-8(6-10)5-9-7-11(21(17,18)19)2-4-13(9)12;;;;/h1-4,6-7H,5H2,(H,14,15,16)(H,17,18,19);;;;. The van der Waals surface area contributed by atoms with E-state index in [-0.39, 0.29) is 68.9 Å². The Kier molecular flexibility index (Phi) is 6.71. The zero-order valence-corrected chi connectivity index (χ0v) is 12.1. The summed E-state index contributed by atoms with van der Waals surface area (Å²) in [6, 6.07) is 8.43. The van der Waals surface area contributed by atoms with E-state index in [2.05, 4.69) is 0 Å². The first-order valence-corrected chi connectivity index (χ1v) is 8.75. The van der Waals surface area contributed by atoms with Crippen LogP contribution in [0.2, 0.25) is 0 Å². The van der Waals surface area contributed by atoms with E-state index in [0.29, 0.717) is 17.5 Å². The number of fused-ring (bicyclic) bond motifs is 3. The fraction of sp³-hybridized carbons (Fsp3) is 0.0769. The van der Waals surface area contributed by atoms with Gasteiger partial charge in [0.25, 0.3) is 20.2 Å². The Morgan fingerprint density at radius 2 is 1.04 bits per heavy atom. The van der Waals surface area contributed by atoms with Crippen molar-refractivity contribution >= 4 is 79.4 Å². The van der Waals surface area contributed by atoms with Gasteiger partial charge in [-0.15, -0.1) is 0 Å². The first-order chi connectivity index (χ1) is 9.66. The van der Waals surface area contributed by atoms with Gasteiger partial charge in [-0.3, -0.25) is 9.11 Å². The zero-order chi connectivity index (χ0) is 15.4. The van der Waals surface area contributed by atoms with Crippen LogP contribution >= 0.6 is 0 Å². The average Bonchev–Trinajstić information content (AvgIpc) is 2.73. The minimum atomic E-state index is -4.28. The van der Waals surface area contributed by atoms with Crippen molar-refractivity contribution in [2.45, 2.75) is 16.2 Å². The minimum absolute atomic E-state index is 0. The van der Waals surface area contributed by atoms with E-state index in [4.69, 9.17) is 9.11 Å². The van der Waals surface area contributed by atoms with E-state index in [9.17, 15) is 16.8 Å². The van der Waals surface area contributed by atoms with Crippen LogP contribution in [0.25, 0.3) is 11.1 Å². The molecule has 0 aliphatic heterocycles. The fourth-order valence-corrected chi connectivity index (χ4v) is 3.55. The van der Waals surface area contributed by atoms with E-state index in [1.54, 1.807) is 12.1 Å². The van der Waals surface area contributed by atoms with Gasteiger partial charge < -0.3 is 0 Å². The first kappa shape index (κ1) is 21.3. The van der Waals surface area contributed by atoms with Crippen molar-refractivity contribution in [2.75, 3.05) is 0 Å². The second-order valence-corrected chi connectivity index (χ2v) is 7.61. The molecule has 0 bridgehead atoms. The summed E-state index contributed by atoms with van der Waals surface area (Å²) in [4.78, 5) is -0.409. The molecule has 2 aromatic rings. The van der Waals surface area contributed by atoms with Gasteiger partial charge in [-0.05, 0) is 52.9 Å². The van der Waals surface area contributed by atoms with Gasteiger partial charge >= 0.3 is 59.1 Å². The monoisotopic (exact) mass is 374 g/mol. The SMILES string of the molecule is O=S(=O)(O)c1ccc2c(c1)Cc1cc(S(=O)(=O)O)ccc1-2.[NaH].[NaH]. The Morgan fingerprint density at radius 1 is 0.696 bits per heavy atom. The van der Waals surface area contributed by atoms with Crippen LogP contribution < -0.4 is 0 Å². The van der Waals surface area contributed by atoms with Gasteiger partial charge in [0.05, 0.1) is 9.79 Å². The van der Waals surface area contributed by atoms with Crippen LogP contribution in [-0.2, 0) is 26.7 Å². The van der Waals surface area contributed by atoms with E-state index in [0.717, 1.165) is 11.1 Å². The van der Waals surface area contributed by atoms with Crippen molar-refractivity contribution in [2.24, 2.45) is 0 Å². The molecule has 3 rings (SSSR count). The van der Waals surface area contributed by atoms with Gasteiger partial charge in [0.15, 0.2) is 0 Å². The van der Waals surface area contributed by atoms with Crippen molar-refractivity contribution in [3.63, 3.8) is 0 Å². The van der Waals surface area contributed by atoms with Crippen molar-refractivity contribution < 1.29 is 25.9 Å². The second kappa shape index (κ2) is 7.25. The first-order valence-electron chi connectivity index (χ1n) is 5.87. The van der Waals surface area contributed by atoms with E-state index in [1.165, 1.54) is 24.3 Å². The average molecular weight is 374 g/mol. The molecule has 2 aromatic carbocycles. The van der Waals surface area contributed by atoms with Crippen LogP contribution in [0.1, 0.15) is 11.1 Å². The molecule has 2 N–H and O–H groups in total. The summed E-state index contributed by atoms with van der Waals surface area (Å²) in [5.74, 6) is 0. The molecule has 23 heavy (non-hydrogen) atoms. The Labute approximate surface area is 178 Å². The summed E-state index contributed by atoms with van der Waals surface area (Å²) in [5, 5.41) is 0. The molecule has 0 amide bonds. The summed E-state index contributed by atoms with van der Waals surface area (Å²) in [6.07, 6.45) is 0.331. The quantitative estimate of drug-likeness (QED) is 0.498. The number of hydrogen-bond donors (Lipinski definition) is 2. The molecular formula is C13H12Na2O6S2. The third-order valence-electron chi connectivity index (χ3n) is 3.42. The van der Waals surface area contributed by atoms with E-state index >= 15 is 0 Å². The summed E-state index contributed by atoms with van der Waals surface area (Å²) in [6.45, 7) is 0. The van der Waals surface area contributed by atoms with Crippen LogP contribution in [0, 0.1) is 0 Å². The molecule has 10 heteroatoms. The molecule has 0 saturated carbocycles. The van der Waals surface area contributed by atoms with Crippen molar-refractivity contribution in [1.29, 1.82) is 0 Å². The topological polar surface area (TPSA) is 109 Å². The molecule has 1 aliphatic carbocycles. The van der Waals surface area contributed by atoms with E-state index < -0.39 is 20.2 Å². The molecule has 0 heterocycles. The van der Waals surface area contributed by atoms with Gasteiger partial charge in [0.2, 0.25) is 0 Å². The predicted octanol–water partition coefficient (Wildman–Crippen LogP) is 0.454. The maximum absolute atomic E-state index is 11.1. The number of hydrogen-bond acceptors (Lipinski definition) is 4. The Hall–Kier alpha value is 0.260. The van der Waals surface area contributed by atoms with Crippen molar-refractivity contribution in [3.8, 4) is 11.1 Å². The molecule has 0 unspecified atom stereocenters. The van der Waals surface area contributed by atoms with Gasteiger partial charge in [0.1, 0.15) is 0 Å². The van der Waals surface area contributed by atoms with Gasteiger partial charge in [-0.1, -0.05) is 12.1 Å². The molecule has 0 aromatic heterocycles. The van der Waals surface area contributed by atoms with Gasteiger partial charge in [-0.25, -0.2) is 0 Å². The summed E-state index contributed by atoms with van der Waals surface area (Å²) in [7, 11) is -8.56. The summed E-state index contributed by atoms with van der Waals surface area (Å²) in [5.41, 5.74) is 2.90. The van der Waals surface area contributed by atoms with Crippen molar-refractivity contribution in [1.82, 2.24) is 0 Å².